The summed E-state index contributed by atoms with van der Waals surface area (Å²) in [5.41, 5.74) is 4.41. The van der Waals surface area contributed by atoms with Crippen LogP contribution in [-0.2, 0) is 35.9 Å². The fourth-order valence-electron chi connectivity index (χ4n) is 4.35. The lowest BCUT2D eigenvalue weighted by Crippen LogP contribution is -2.37. The molecule has 0 aromatic heterocycles. The molecule has 0 spiro atoms. The predicted molar refractivity (Wildman–Crippen MR) is 168 cm³/mol. The van der Waals surface area contributed by atoms with E-state index in [1.807, 2.05) is 24.3 Å². The number of benzene rings is 3. The van der Waals surface area contributed by atoms with Crippen LogP contribution in [0.15, 0.2) is 60.7 Å². The number of methoxy groups -OCH3 is 1. The molecule has 232 valence electrons. The lowest BCUT2D eigenvalue weighted by Gasteiger charge is -2.29. The van der Waals surface area contributed by atoms with Crippen LogP contribution in [0.5, 0.6) is 5.75 Å². The second-order valence-electron chi connectivity index (χ2n) is 11.1. The minimum Gasteiger partial charge on any atom is -0.465 e. The smallest absolute Gasteiger partial charge is 0.258 e. The van der Waals surface area contributed by atoms with Crippen LogP contribution in [0, 0.1) is 0 Å². The molecule has 13 heteroatoms. The monoisotopic (exact) mass is 631 g/mol. The van der Waals surface area contributed by atoms with Crippen LogP contribution in [0.4, 0.5) is 17.1 Å². The first-order valence-electron chi connectivity index (χ1n) is 13.6. The summed E-state index contributed by atoms with van der Waals surface area (Å²) in [7, 11) is -5.61. The van der Waals surface area contributed by atoms with Gasteiger partial charge in [-0.15, -0.1) is 0 Å². The number of hydrogen-bond donors (Lipinski definition) is 2. The Bertz CT molecular complexity index is 1680. The molecule has 0 bridgehead atoms. The first-order chi connectivity index (χ1) is 20.2. The zero-order valence-electron chi connectivity index (χ0n) is 24.8. The van der Waals surface area contributed by atoms with Crippen molar-refractivity contribution in [3.8, 4) is 16.9 Å². The zero-order chi connectivity index (χ0) is 31.4. The maximum atomic E-state index is 13.5. The molecule has 0 aliphatic carbocycles. The number of amides is 1. The summed E-state index contributed by atoms with van der Waals surface area (Å²) >= 11 is 0. The van der Waals surface area contributed by atoms with E-state index in [1.54, 1.807) is 69.2 Å². The van der Waals surface area contributed by atoms with Gasteiger partial charge in [0.25, 0.3) is 5.91 Å². The largest absolute Gasteiger partial charge is 0.465 e. The maximum absolute atomic E-state index is 13.5. The average molecular weight is 632 g/mol. The van der Waals surface area contributed by atoms with E-state index in [0.717, 1.165) is 22.9 Å². The number of carbonyl (C=O) groups excluding carboxylic acids is 1. The minimum atomic E-state index is -3.63. The number of sulfonamides is 2. The molecule has 3 aromatic carbocycles. The van der Waals surface area contributed by atoms with Crippen molar-refractivity contribution in [3.63, 3.8) is 0 Å². The highest BCUT2D eigenvalue weighted by molar-refractivity contribution is 7.94. The van der Waals surface area contributed by atoms with Gasteiger partial charge in [0, 0.05) is 30.6 Å². The van der Waals surface area contributed by atoms with E-state index in [1.165, 1.54) is 0 Å². The second kappa shape index (κ2) is 12.9. The normalized spacial score (nSPS) is 13.9. The molecule has 0 radical (unpaired) electrons. The van der Waals surface area contributed by atoms with E-state index < -0.39 is 24.8 Å². The Kier molecular flexibility index (Phi) is 9.70. The summed E-state index contributed by atoms with van der Waals surface area (Å²) in [6.07, 6.45) is 1.62. The van der Waals surface area contributed by atoms with E-state index in [9.17, 15) is 21.6 Å². The molecule has 1 aliphatic rings. The van der Waals surface area contributed by atoms with Crippen LogP contribution in [0.2, 0.25) is 0 Å². The fraction of sp³-hybridized carbons (Fsp3) is 0.367. The van der Waals surface area contributed by atoms with Crippen molar-refractivity contribution in [1.29, 1.82) is 0 Å². The summed E-state index contributed by atoms with van der Waals surface area (Å²) < 4.78 is 69.0. The van der Waals surface area contributed by atoms with Crippen LogP contribution in [0.1, 0.15) is 36.7 Å². The van der Waals surface area contributed by atoms with Crippen LogP contribution >= 0.6 is 0 Å². The Morgan fingerprint density at radius 3 is 2.23 bits per heavy atom. The van der Waals surface area contributed by atoms with Crippen molar-refractivity contribution >= 4 is 43.0 Å². The van der Waals surface area contributed by atoms with Gasteiger partial charge < -0.3 is 19.1 Å². The quantitative estimate of drug-likeness (QED) is 0.221. The van der Waals surface area contributed by atoms with Crippen LogP contribution in [0.3, 0.4) is 0 Å². The van der Waals surface area contributed by atoms with Crippen molar-refractivity contribution in [1.82, 2.24) is 0 Å². The molecule has 1 aliphatic heterocycles. The number of nitrogens with one attached hydrogen (secondary N) is 2. The number of hydrogen-bond acceptors (Lipinski definition) is 8. The van der Waals surface area contributed by atoms with E-state index in [-0.39, 0.29) is 24.1 Å². The molecule has 0 unspecified atom stereocenters. The van der Waals surface area contributed by atoms with Gasteiger partial charge in [-0.25, -0.2) is 16.8 Å². The van der Waals surface area contributed by atoms with Gasteiger partial charge in [-0.2, -0.15) is 0 Å². The van der Waals surface area contributed by atoms with Crippen LogP contribution in [-0.4, -0.2) is 67.4 Å². The molecule has 0 fully saturated rings. The van der Waals surface area contributed by atoms with Crippen LogP contribution < -0.4 is 19.1 Å². The molecule has 43 heavy (non-hydrogen) atoms. The Balaban J connectivity index is 1.52. The molecule has 11 nitrogen and oxygen atoms in total. The Labute approximate surface area is 253 Å². The lowest BCUT2D eigenvalue weighted by atomic mass is 9.93. The summed E-state index contributed by atoms with van der Waals surface area (Å²) in [5.74, 6) is 0.0555. The zero-order valence-corrected chi connectivity index (χ0v) is 26.5. The number of rotatable bonds is 12. The number of ether oxygens (including phenoxy) is 3. The molecule has 1 amide bonds. The van der Waals surface area contributed by atoms with Crippen molar-refractivity contribution in [2.24, 2.45) is 0 Å². The van der Waals surface area contributed by atoms with Gasteiger partial charge in [0.1, 0.15) is 5.75 Å². The second-order valence-corrected chi connectivity index (χ2v) is 15.3. The third kappa shape index (κ3) is 8.05. The fourth-order valence-corrected chi connectivity index (χ4v) is 5.66. The summed E-state index contributed by atoms with van der Waals surface area (Å²) in [6, 6.07) is 17.6. The Hall–Kier alpha value is -3.65. The standard InChI is InChI=1S/C30H37N3O8S2/c1-30(2,3)43(37,38)31-24-9-6-21(7-10-24)22-8-12-26-23(18-22)14-15-33(29(26)34)25-11-13-28(41-20-40-17-16-39-4)27(19-25)32-42(5,35)36/h6-13,18-19,31-32H,14-17,20H2,1-5H3. The molecule has 3 aromatic rings. The molecule has 0 atom stereocenters. The maximum Gasteiger partial charge on any atom is 0.258 e. The highest BCUT2D eigenvalue weighted by Crippen LogP contribution is 2.34. The molecule has 2 N–H and O–H groups in total. The third-order valence-electron chi connectivity index (χ3n) is 6.76. The summed E-state index contributed by atoms with van der Waals surface area (Å²) in [6.45, 7) is 5.90. The third-order valence-corrected chi connectivity index (χ3v) is 9.47. The van der Waals surface area contributed by atoms with E-state index in [0.29, 0.717) is 43.1 Å². The molecular formula is C30H37N3O8S2. The highest BCUT2D eigenvalue weighted by atomic mass is 32.2. The number of fused-ring (bicyclic) bond motifs is 1. The number of nitrogens with zero attached hydrogens (tertiary/aromatic N) is 1. The summed E-state index contributed by atoms with van der Waals surface area (Å²) in [4.78, 5) is 15.1. The molecule has 1 heterocycles. The Morgan fingerprint density at radius 2 is 1.58 bits per heavy atom. The van der Waals surface area contributed by atoms with Gasteiger partial charge >= 0.3 is 0 Å². The Morgan fingerprint density at radius 1 is 0.884 bits per heavy atom. The molecule has 4 rings (SSSR count). The first-order valence-corrected chi connectivity index (χ1v) is 16.9. The number of carbonyl (C=O) groups is 1. The molecular weight excluding hydrogens is 594 g/mol. The molecule has 0 saturated carbocycles. The van der Waals surface area contributed by atoms with E-state index >= 15 is 0 Å². The predicted octanol–water partition coefficient (Wildman–Crippen LogP) is 4.47. The van der Waals surface area contributed by atoms with Crippen LogP contribution in [0.25, 0.3) is 11.1 Å². The van der Waals surface area contributed by atoms with Crippen molar-refractivity contribution in [2.75, 3.05) is 54.3 Å². The topological polar surface area (TPSA) is 140 Å². The minimum absolute atomic E-state index is 0.102. The van der Waals surface area contributed by atoms with Crippen molar-refractivity contribution in [2.45, 2.75) is 31.9 Å². The molecule has 0 saturated heterocycles. The van der Waals surface area contributed by atoms with Gasteiger partial charge in [0.15, 0.2) is 6.79 Å². The first kappa shape index (κ1) is 32.3. The van der Waals surface area contributed by atoms with Gasteiger partial charge in [0.05, 0.1) is 29.9 Å². The van der Waals surface area contributed by atoms with Crippen molar-refractivity contribution < 1.29 is 35.8 Å². The van der Waals surface area contributed by atoms with Gasteiger partial charge in [-0.05, 0) is 80.3 Å². The van der Waals surface area contributed by atoms with Gasteiger partial charge in [-0.1, -0.05) is 24.3 Å². The van der Waals surface area contributed by atoms with E-state index in [2.05, 4.69) is 9.44 Å². The van der Waals surface area contributed by atoms with Crippen molar-refractivity contribution in [3.05, 3.63) is 71.8 Å². The highest BCUT2D eigenvalue weighted by Gasteiger charge is 2.29. The summed E-state index contributed by atoms with van der Waals surface area (Å²) in [5, 5.41) is 0. The van der Waals surface area contributed by atoms with Gasteiger partial charge in [0.2, 0.25) is 20.0 Å². The lowest BCUT2D eigenvalue weighted by molar-refractivity contribution is -0.00814. The van der Waals surface area contributed by atoms with Gasteiger partial charge in [-0.3, -0.25) is 14.2 Å². The SMILES string of the molecule is COCCOCOc1ccc(N2CCc3cc(-c4ccc(NS(=O)(=O)C(C)(C)C)cc4)ccc3C2=O)cc1NS(C)(=O)=O. The average Bonchev–Trinajstić information content (AvgIpc) is 2.92. The van der Waals surface area contributed by atoms with E-state index in [4.69, 9.17) is 14.2 Å². The number of anilines is 3.